The van der Waals surface area contributed by atoms with Gasteiger partial charge in [0.05, 0.1) is 10.6 Å². The number of hydrogen-bond donors (Lipinski definition) is 1. The first-order valence-electron chi connectivity index (χ1n) is 8.23. The normalized spacial score (nSPS) is 12.4. The third kappa shape index (κ3) is 5.91. The van der Waals surface area contributed by atoms with Gasteiger partial charge in [0, 0.05) is 19.3 Å². The maximum Gasteiger partial charge on any atom is 0.243 e. The Hall–Kier alpha value is -1.74. The van der Waals surface area contributed by atoms with Crippen molar-refractivity contribution >= 4 is 19.9 Å². The molecule has 2 N–H and O–H groups in total. The molecule has 8 heteroatoms. The van der Waals surface area contributed by atoms with Crippen LogP contribution in [0, 0.1) is 0 Å². The van der Waals surface area contributed by atoms with Gasteiger partial charge >= 0.3 is 0 Å². The predicted molar refractivity (Wildman–Crippen MR) is 103 cm³/mol. The molecule has 0 spiro atoms. The number of rotatable bonds is 9. The van der Waals surface area contributed by atoms with Gasteiger partial charge in [-0.25, -0.2) is 16.8 Å². The molecule has 0 atom stereocenters. The van der Waals surface area contributed by atoms with Gasteiger partial charge in [0.15, 0.2) is 9.84 Å². The molecule has 6 nitrogen and oxygen atoms in total. The Morgan fingerprint density at radius 1 is 0.885 bits per heavy atom. The highest BCUT2D eigenvalue weighted by molar-refractivity contribution is 7.90. The van der Waals surface area contributed by atoms with Crippen LogP contribution in [0.2, 0.25) is 0 Å². The van der Waals surface area contributed by atoms with E-state index in [1.54, 1.807) is 0 Å². The summed E-state index contributed by atoms with van der Waals surface area (Å²) in [6.45, 7) is 0.973. The number of benzene rings is 2. The minimum Gasteiger partial charge on any atom is -0.330 e. The monoisotopic (exact) mass is 396 g/mol. The van der Waals surface area contributed by atoms with Crippen molar-refractivity contribution in [2.75, 3.05) is 19.3 Å². The summed E-state index contributed by atoms with van der Waals surface area (Å²) in [5.74, 6) is -0.117. The Morgan fingerprint density at radius 3 is 2.04 bits per heavy atom. The average molecular weight is 397 g/mol. The van der Waals surface area contributed by atoms with Gasteiger partial charge in [-0.1, -0.05) is 42.5 Å². The Balaban J connectivity index is 2.27. The van der Waals surface area contributed by atoms with E-state index in [-0.39, 0.29) is 17.2 Å². The predicted octanol–water partition coefficient (Wildman–Crippen LogP) is 1.77. The Bertz CT molecular complexity index is 909. The second-order valence-corrected chi connectivity index (χ2v) is 10.3. The zero-order chi connectivity index (χ0) is 19.2. The molecule has 0 saturated heterocycles. The smallest absolute Gasteiger partial charge is 0.243 e. The summed E-state index contributed by atoms with van der Waals surface area (Å²) in [6, 6.07) is 15.3. The number of hydrogen-bond acceptors (Lipinski definition) is 5. The topological polar surface area (TPSA) is 97.5 Å². The van der Waals surface area contributed by atoms with Gasteiger partial charge in [-0.05, 0) is 36.2 Å². The van der Waals surface area contributed by atoms with E-state index < -0.39 is 19.9 Å². The molecule has 142 valence electrons. The molecule has 2 aromatic carbocycles. The van der Waals surface area contributed by atoms with Crippen molar-refractivity contribution in [2.45, 2.75) is 23.6 Å². The maximum absolute atomic E-state index is 13.0. The largest absolute Gasteiger partial charge is 0.330 e. The lowest BCUT2D eigenvalue weighted by Crippen LogP contribution is -2.32. The lowest BCUT2D eigenvalue weighted by atomic mass is 10.2. The zero-order valence-electron chi connectivity index (χ0n) is 14.7. The molecular formula is C18H24N2O4S2. The summed E-state index contributed by atoms with van der Waals surface area (Å²) in [5, 5.41) is 0. The van der Waals surface area contributed by atoms with Crippen LogP contribution in [0.4, 0.5) is 0 Å². The van der Waals surface area contributed by atoms with Crippen molar-refractivity contribution in [3.8, 4) is 0 Å². The fourth-order valence-corrected chi connectivity index (χ4v) is 4.81. The molecule has 0 aliphatic carbocycles. The van der Waals surface area contributed by atoms with Crippen LogP contribution in [-0.4, -0.2) is 40.5 Å². The Kier molecular flexibility index (Phi) is 6.94. The Morgan fingerprint density at radius 2 is 1.50 bits per heavy atom. The first-order chi connectivity index (χ1) is 12.2. The van der Waals surface area contributed by atoms with Gasteiger partial charge in [0.2, 0.25) is 10.0 Å². The molecule has 0 aliphatic heterocycles. The molecule has 2 aromatic rings. The van der Waals surface area contributed by atoms with Crippen molar-refractivity contribution in [1.82, 2.24) is 4.31 Å². The summed E-state index contributed by atoms with van der Waals surface area (Å²) in [5.41, 5.74) is 7.00. The van der Waals surface area contributed by atoms with Crippen LogP contribution in [0.1, 0.15) is 17.5 Å². The van der Waals surface area contributed by atoms with Crippen LogP contribution in [0.5, 0.6) is 0 Å². The van der Waals surface area contributed by atoms with Gasteiger partial charge < -0.3 is 5.73 Å². The summed E-state index contributed by atoms with van der Waals surface area (Å²) in [4.78, 5) is 0.141. The van der Waals surface area contributed by atoms with Gasteiger partial charge in [0.1, 0.15) is 0 Å². The number of nitrogens with two attached hydrogens (primary N) is 1. The van der Waals surface area contributed by atoms with Crippen molar-refractivity contribution in [3.05, 3.63) is 65.7 Å². The highest BCUT2D eigenvalue weighted by atomic mass is 32.2. The highest BCUT2D eigenvalue weighted by Crippen LogP contribution is 2.20. The van der Waals surface area contributed by atoms with E-state index in [4.69, 9.17) is 5.73 Å². The SMILES string of the molecule is CS(=O)(=O)Cc1ccc(S(=O)(=O)N(CCCN)Cc2ccccc2)cc1. The van der Waals surface area contributed by atoms with Crippen LogP contribution in [0.15, 0.2) is 59.5 Å². The maximum atomic E-state index is 13.0. The van der Waals surface area contributed by atoms with Crippen LogP contribution < -0.4 is 5.73 Å². The van der Waals surface area contributed by atoms with Crippen molar-refractivity contribution < 1.29 is 16.8 Å². The standard InChI is InChI=1S/C18H24N2O4S2/c1-25(21,22)15-17-8-10-18(11-9-17)26(23,24)20(13-5-12-19)14-16-6-3-2-4-7-16/h2-4,6-11H,5,12-15,19H2,1H3. The van der Waals surface area contributed by atoms with Crippen molar-refractivity contribution in [2.24, 2.45) is 5.73 Å². The molecule has 0 radical (unpaired) electrons. The molecule has 0 aromatic heterocycles. The summed E-state index contributed by atoms with van der Waals surface area (Å²) in [7, 11) is -6.87. The second kappa shape index (κ2) is 8.77. The lowest BCUT2D eigenvalue weighted by Gasteiger charge is -2.22. The molecule has 0 fully saturated rings. The van der Waals surface area contributed by atoms with Gasteiger partial charge in [-0.2, -0.15) is 4.31 Å². The summed E-state index contributed by atoms with van der Waals surface area (Å²) >= 11 is 0. The first-order valence-corrected chi connectivity index (χ1v) is 11.7. The lowest BCUT2D eigenvalue weighted by molar-refractivity contribution is 0.402. The van der Waals surface area contributed by atoms with Gasteiger partial charge in [-0.15, -0.1) is 0 Å². The van der Waals surface area contributed by atoms with E-state index in [0.29, 0.717) is 25.1 Å². The molecule has 0 amide bonds. The number of sulfone groups is 1. The third-order valence-corrected chi connectivity index (χ3v) is 6.52. The average Bonchev–Trinajstić information content (AvgIpc) is 2.58. The summed E-state index contributed by atoms with van der Waals surface area (Å²) in [6.07, 6.45) is 1.70. The molecule has 0 bridgehead atoms. The molecule has 26 heavy (non-hydrogen) atoms. The van der Waals surface area contributed by atoms with E-state index in [9.17, 15) is 16.8 Å². The quantitative estimate of drug-likeness (QED) is 0.697. The highest BCUT2D eigenvalue weighted by Gasteiger charge is 2.24. The van der Waals surface area contributed by atoms with E-state index in [1.807, 2.05) is 30.3 Å². The molecule has 0 unspecified atom stereocenters. The summed E-state index contributed by atoms with van der Waals surface area (Å²) < 4.78 is 50.2. The van der Waals surface area contributed by atoms with E-state index in [1.165, 1.54) is 28.6 Å². The van der Waals surface area contributed by atoms with Crippen molar-refractivity contribution in [1.29, 1.82) is 0 Å². The van der Waals surface area contributed by atoms with Crippen LogP contribution in [-0.2, 0) is 32.2 Å². The number of nitrogens with zero attached hydrogens (tertiary/aromatic N) is 1. The second-order valence-electron chi connectivity index (χ2n) is 6.18. The van der Waals surface area contributed by atoms with Gasteiger partial charge in [0.25, 0.3) is 0 Å². The van der Waals surface area contributed by atoms with E-state index in [0.717, 1.165) is 11.8 Å². The zero-order valence-corrected chi connectivity index (χ0v) is 16.3. The molecule has 0 heterocycles. The van der Waals surface area contributed by atoms with Crippen LogP contribution in [0.25, 0.3) is 0 Å². The molecule has 0 saturated carbocycles. The minimum absolute atomic E-state index is 0.117. The first kappa shape index (κ1) is 20.6. The fourth-order valence-electron chi connectivity index (χ4n) is 2.55. The van der Waals surface area contributed by atoms with Crippen LogP contribution >= 0.6 is 0 Å². The third-order valence-electron chi connectivity index (χ3n) is 3.80. The fraction of sp³-hybridized carbons (Fsp3) is 0.333. The number of sulfonamides is 1. The van der Waals surface area contributed by atoms with E-state index in [2.05, 4.69) is 0 Å². The van der Waals surface area contributed by atoms with Gasteiger partial charge in [-0.3, -0.25) is 0 Å². The minimum atomic E-state index is -3.70. The Labute approximate surface area is 155 Å². The van der Waals surface area contributed by atoms with Crippen LogP contribution in [0.3, 0.4) is 0 Å². The molecule has 0 aliphatic rings. The van der Waals surface area contributed by atoms with E-state index >= 15 is 0 Å². The molecule has 2 rings (SSSR count). The van der Waals surface area contributed by atoms with Crippen molar-refractivity contribution in [3.63, 3.8) is 0 Å². The molecular weight excluding hydrogens is 372 g/mol.